The van der Waals surface area contributed by atoms with Gasteiger partial charge < -0.3 is 15.9 Å². The van der Waals surface area contributed by atoms with Gasteiger partial charge in [-0.3, -0.25) is 4.79 Å². The molecule has 0 bridgehead atoms. The molecule has 4 nitrogen and oxygen atoms in total. The van der Waals surface area contributed by atoms with Gasteiger partial charge in [0.05, 0.1) is 0 Å². The number of allylic oxidation sites excluding steroid dienone is 1. The lowest BCUT2D eigenvalue weighted by molar-refractivity contribution is -0.133. The van der Waals surface area contributed by atoms with Crippen molar-refractivity contribution in [1.29, 1.82) is 5.41 Å². The van der Waals surface area contributed by atoms with Gasteiger partial charge in [0.25, 0.3) is 6.47 Å². The second-order valence-corrected chi connectivity index (χ2v) is 4.82. The van der Waals surface area contributed by atoms with E-state index in [1.807, 2.05) is 6.92 Å². The number of halogens is 1. The average molecular weight is 293 g/mol. The maximum absolute atomic E-state index is 10.7. The van der Waals surface area contributed by atoms with Crippen LogP contribution in [0.5, 0.6) is 0 Å². The van der Waals surface area contributed by atoms with Gasteiger partial charge in [-0.05, 0) is 24.6 Å². The molecule has 1 aromatic rings. The standard InChI is InChI=1S/C15H17ClN2O2/c1-10(2)5-15(20-9-19)13-4-3-12(16)6-14(13)11(7-17)8-18/h3-4,6-9,15,17H,1,5,18H2,2H3/b11-8+,17-7?. The summed E-state index contributed by atoms with van der Waals surface area (Å²) in [6, 6.07) is 5.17. The fourth-order valence-corrected chi connectivity index (χ4v) is 2.06. The first kappa shape index (κ1) is 16.0. The number of carbonyl (C=O) groups is 1. The molecule has 3 N–H and O–H groups in total. The minimum atomic E-state index is -0.479. The van der Waals surface area contributed by atoms with Gasteiger partial charge in [-0.15, -0.1) is 0 Å². The highest BCUT2D eigenvalue weighted by atomic mass is 35.5. The Bertz CT molecular complexity index is 553. The second-order valence-electron chi connectivity index (χ2n) is 4.38. The summed E-state index contributed by atoms with van der Waals surface area (Å²) < 4.78 is 5.13. The van der Waals surface area contributed by atoms with E-state index in [0.717, 1.165) is 17.4 Å². The van der Waals surface area contributed by atoms with Crippen LogP contribution in [0.3, 0.4) is 0 Å². The molecule has 0 aliphatic heterocycles. The fraction of sp³-hybridized carbons (Fsp3) is 0.200. The summed E-state index contributed by atoms with van der Waals surface area (Å²) in [6.45, 7) is 6.09. The van der Waals surface area contributed by atoms with Crippen LogP contribution in [0.25, 0.3) is 5.57 Å². The molecule has 0 heterocycles. The second kappa shape index (κ2) is 7.50. The number of nitrogens with one attached hydrogen (secondary N) is 1. The molecule has 0 saturated carbocycles. The molecular weight excluding hydrogens is 276 g/mol. The molecule has 1 atom stereocenters. The molecule has 5 heteroatoms. The van der Waals surface area contributed by atoms with E-state index in [1.165, 1.54) is 6.20 Å². The Hall–Kier alpha value is -2.07. The normalized spacial score (nSPS) is 12.6. The molecule has 1 rings (SSSR count). The topological polar surface area (TPSA) is 76.2 Å². The van der Waals surface area contributed by atoms with Gasteiger partial charge in [-0.2, -0.15) is 0 Å². The van der Waals surface area contributed by atoms with Crippen LogP contribution in [0, 0.1) is 5.41 Å². The highest BCUT2D eigenvalue weighted by molar-refractivity contribution is 6.31. The number of ether oxygens (including phenoxy) is 1. The van der Waals surface area contributed by atoms with Crippen molar-refractivity contribution in [3.05, 3.63) is 52.7 Å². The fourth-order valence-electron chi connectivity index (χ4n) is 1.89. The van der Waals surface area contributed by atoms with Crippen LogP contribution in [0.1, 0.15) is 30.6 Å². The van der Waals surface area contributed by atoms with Crippen molar-refractivity contribution in [2.24, 2.45) is 5.73 Å². The van der Waals surface area contributed by atoms with Crippen LogP contribution in [0.4, 0.5) is 0 Å². The first-order chi connectivity index (χ1) is 9.53. The molecule has 1 aromatic carbocycles. The van der Waals surface area contributed by atoms with Crippen molar-refractivity contribution in [2.75, 3.05) is 0 Å². The summed E-state index contributed by atoms with van der Waals surface area (Å²) in [5.41, 5.74) is 8.32. The molecule has 0 aliphatic rings. The molecule has 0 spiro atoms. The molecule has 0 amide bonds. The molecule has 0 radical (unpaired) electrons. The smallest absolute Gasteiger partial charge is 0.293 e. The Morgan fingerprint density at radius 3 is 2.80 bits per heavy atom. The van der Waals surface area contributed by atoms with Crippen LogP contribution in [-0.4, -0.2) is 12.7 Å². The Morgan fingerprint density at radius 1 is 1.60 bits per heavy atom. The quantitative estimate of drug-likeness (QED) is 0.459. The molecule has 106 valence electrons. The van der Waals surface area contributed by atoms with Crippen LogP contribution in [-0.2, 0) is 9.53 Å². The molecule has 0 saturated heterocycles. The van der Waals surface area contributed by atoms with Gasteiger partial charge in [0.15, 0.2) is 0 Å². The summed E-state index contributed by atoms with van der Waals surface area (Å²) in [5.74, 6) is 0. The van der Waals surface area contributed by atoms with Gasteiger partial charge >= 0.3 is 0 Å². The molecule has 0 aliphatic carbocycles. The van der Waals surface area contributed by atoms with E-state index in [9.17, 15) is 4.79 Å². The van der Waals surface area contributed by atoms with Crippen molar-refractivity contribution in [1.82, 2.24) is 0 Å². The van der Waals surface area contributed by atoms with Crippen molar-refractivity contribution in [3.8, 4) is 0 Å². The van der Waals surface area contributed by atoms with Crippen molar-refractivity contribution < 1.29 is 9.53 Å². The molecular formula is C15H17ClN2O2. The van der Waals surface area contributed by atoms with E-state index >= 15 is 0 Å². The molecule has 0 aromatic heterocycles. The van der Waals surface area contributed by atoms with Gasteiger partial charge in [-0.1, -0.05) is 29.8 Å². The number of nitrogens with two attached hydrogens (primary N) is 1. The Labute approximate surface area is 123 Å². The van der Waals surface area contributed by atoms with Crippen LogP contribution in [0.15, 0.2) is 36.6 Å². The average Bonchev–Trinajstić information content (AvgIpc) is 2.39. The number of hydrogen-bond donors (Lipinski definition) is 2. The maximum Gasteiger partial charge on any atom is 0.293 e. The number of rotatable bonds is 7. The Balaban J connectivity index is 3.36. The first-order valence-corrected chi connectivity index (χ1v) is 6.37. The summed E-state index contributed by atoms with van der Waals surface area (Å²) in [6.07, 6.45) is 2.46. The van der Waals surface area contributed by atoms with Gasteiger partial charge in [-0.25, -0.2) is 0 Å². The van der Waals surface area contributed by atoms with Gasteiger partial charge in [0.1, 0.15) is 6.10 Å². The molecule has 1 unspecified atom stereocenters. The summed E-state index contributed by atoms with van der Waals surface area (Å²) >= 11 is 5.99. The minimum absolute atomic E-state index is 0.405. The molecule has 0 fully saturated rings. The summed E-state index contributed by atoms with van der Waals surface area (Å²) in [5, 5.41) is 7.92. The van der Waals surface area contributed by atoms with Crippen LogP contribution in [0.2, 0.25) is 5.02 Å². The van der Waals surface area contributed by atoms with E-state index in [4.69, 9.17) is 27.5 Å². The van der Waals surface area contributed by atoms with Crippen molar-refractivity contribution in [3.63, 3.8) is 0 Å². The Kier molecular flexibility index (Phi) is 6.00. The number of carbonyl (C=O) groups excluding carboxylic acids is 1. The maximum atomic E-state index is 10.7. The monoisotopic (exact) mass is 292 g/mol. The third kappa shape index (κ3) is 3.96. The molecule has 20 heavy (non-hydrogen) atoms. The lowest BCUT2D eigenvalue weighted by Gasteiger charge is -2.19. The lowest BCUT2D eigenvalue weighted by atomic mass is 9.94. The van der Waals surface area contributed by atoms with E-state index < -0.39 is 6.10 Å². The predicted octanol–water partition coefficient (Wildman–Crippen LogP) is 3.47. The Morgan fingerprint density at radius 2 is 2.30 bits per heavy atom. The van der Waals surface area contributed by atoms with Crippen molar-refractivity contribution in [2.45, 2.75) is 19.4 Å². The zero-order chi connectivity index (χ0) is 15.1. The van der Waals surface area contributed by atoms with E-state index in [0.29, 0.717) is 29.1 Å². The predicted molar refractivity (Wildman–Crippen MR) is 81.7 cm³/mol. The SMILES string of the molecule is C=C(C)CC(OC=O)c1ccc(Cl)cc1/C(C=N)=C/N. The van der Waals surface area contributed by atoms with E-state index in [-0.39, 0.29) is 0 Å². The zero-order valence-electron chi connectivity index (χ0n) is 11.2. The lowest BCUT2D eigenvalue weighted by Crippen LogP contribution is -2.08. The third-order valence-corrected chi connectivity index (χ3v) is 3.00. The minimum Gasteiger partial charge on any atom is -0.459 e. The highest BCUT2D eigenvalue weighted by Crippen LogP contribution is 2.31. The third-order valence-electron chi connectivity index (χ3n) is 2.76. The van der Waals surface area contributed by atoms with Crippen LogP contribution >= 0.6 is 11.6 Å². The number of hydrogen-bond acceptors (Lipinski definition) is 4. The zero-order valence-corrected chi connectivity index (χ0v) is 12.0. The summed E-state index contributed by atoms with van der Waals surface area (Å²) in [4.78, 5) is 10.7. The van der Waals surface area contributed by atoms with Gasteiger partial charge in [0.2, 0.25) is 0 Å². The van der Waals surface area contributed by atoms with E-state index in [1.54, 1.807) is 18.2 Å². The summed E-state index contributed by atoms with van der Waals surface area (Å²) in [7, 11) is 0. The largest absolute Gasteiger partial charge is 0.459 e. The number of benzene rings is 1. The van der Waals surface area contributed by atoms with Crippen molar-refractivity contribution >= 4 is 29.9 Å². The van der Waals surface area contributed by atoms with Gasteiger partial charge in [0, 0.05) is 35.0 Å². The van der Waals surface area contributed by atoms with E-state index in [2.05, 4.69) is 6.58 Å². The first-order valence-electron chi connectivity index (χ1n) is 5.99. The highest BCUT2D eigenvalue weighted by Gasteiger charge is 2.18. The van der Waals surface area contributed by atoms with Crippen LogP contribution < -0.4 is 5.73 Å².